The van der Waals surface area contributed by atoms with E-state index in [1.165, 1.54) is 0 Å². The Bertz CT molecular complexity index is 672. The summed E-state index contributed by atoms with van der Waals surface area (Å²) in [7, 11) is 1.64. The molecule has 0 radical (unpaired) electrons. The zero-order valence-electron chi connectivity index (χ0n) is 13.5. The normalized spacial score (nSPS) is 11.4. The lowest BCUT2D eigenvalue weighted by molar-refractivity contribution is -0.156. The van der Waals surface area contributed by atoms with E-state index in [9.17, 15) is 4.79 Å². The number of benzene rings is 2. The number of carbonyl (C=O) groups is 1. The molecule has 1 unspecified atom stereocenters. The van der Waals surface area contributed by atoms with Gasteiger partial charge in [0.25, 0.3) is 0 Å². The smallest absolute Gasteiger partial charge is 0.336 e. The fraction of sp³-hybridized carbons (Fsp3) is 0.211. The van der Waals surface area contributed by atoms with Crippen LogP contribution < -0.4 is 9.47 Å². The average molecular weight is 312 g/mol. The van der Waals surface area contributed by atoms with Gasteiger partial charge >= 0.3 is 5.97 Å². The van der Waals surface area contributed by atoms with Crippen molar-refractivity contribution in [2.24, 2.45) is 0 Å². The average Bonchev–Trinajstić information content (AvgIpc) is 2.55. The highest BCUT2D eigenvalue weighted by atomic mass is 16.7. The Labute approximate surface area is 136 Å². The van der Waals surface area contributed by atoms with Crippen molar-refractivity contribution < 1.29 is 19.0 Å². The number of ether oxygens (including phenoxy) is 3. The molecule has 0 saturated carbocycles. The maximum atomic E-state index is 11.4. The number of carbonyl (C=O) groups excluding carboxylic acids is 1. The summed E-state index contributed by atoms with van der Waals surface area (Å²) in [6, 6.07) is 15.4. The predicted molar refractivity (Wildman–Crippen MR) is 89.4 cm³/mol. The molecule has 2 aromatic carbocycles. The second-order valence-corrected chi connectivity index (χ2v) is 5.12. The topological polar surface area (TPSA) is 44.8 Å². The second kappa shape index (κ2) is 7.49. The van der Waals surface area contributed by atoms with Gasteiger partial charge in [-0.3, -0.25) is 0 Å². The summed E-state index contributed by atoms with van der Waals surface area (Å²) in [6.45, 7) is 6.79. The van der Waals surface area contributed by atoms with Gasteiger partial charge in [0.15, 0.2) is 0 Å². The Balaban J connectivity index is 2.01. The van der Waals surface area contributed by atoms with Crippen LogP contribution in [0, 0.1) is 0 Å². The first-order chi connectivity index (χ1) is 11.0. The summed E-state index contributed by atoms with van der Waals surface area (Å²) < 4.78 is 15.8. The fourth-order valence-corrected chi connectivity index (χ4v) is 1.98. The molecular weight excluding hydrogens is 292 g/mol. The predicted octanol–water partition coefficient (Wildman–Crippen LogP) is 4.21. The van der Waals surface area contributed by atoms with Crippen molar-refractivity contribution >= 4 is 5.97 Å². The number of hydrogen-bond donors (Lipinski definition) is 0. The molecule has 0 heterocycles. The molecule has 2 aromatic rings. The van der Waals surface area contributed by atoms with E-state index in [-0.39, 0.29) is 0 Å². The van der Waals surface area contributed by atoms with Gasteiger partial charge in [-0.2, -0.15) is 0 Å². The molecular formula is C19H20O4. The van der Waals surface area contributed by atoms with Crippen molar-refractivity contribution in [3.63, 3.8) is 0 Å². The van der Waals surface area contributed by atoms with Crippen LogP contribution in [0.3, 0.4) is 0 Å². The molecule has 0 aliphatic rings. The van der Waals surface area contributed by atoms with Crippen molar-refractivity contribution in [2.45, 2.75) is 20.1 Å². The fourth-order valence-electron chi connectivity index (χ4n) is 1.98. The van der Waals surface area contributed by atoms with Crippen molar-refractivity contribution in [3.8, 4) is 22.6 Å². The third-order valence-electron chi connectivity index (χ3n) is 3.20. The van der Waals surface area contributed by atoms with E-state index in [1.807, 2.05) is 48.5 Å². The van der Waals surface area contributed by atoms with Gasteiger partial charge in [-0.15, -0.1) is 0 Å². The van der Waals surface area contributed by atoms with Gasteiger partial charge in [0, 0.05) is 12.5 Å². The highest BCUT2D eigenvalue weighted by molar-refractivity contribution is 5.87. The van der Waals surface area contributed by atoms with Crippen LogP contribution in [0.2, 0.25) is 0 Å². The highest BCUT2D eigenvalue weighted by Crippen LogP contribution is 2.25. The Morgan fingerprint density at radius 1 is 0.957 bits per heavy atom. The molecule has 0 spiro atoms. The van der Waals surface area contributed by atoms with Crippen LogP contribution in [0.15, 0.2) is 60.7 Å². The van der Waals surface area contributed by atoms with Crippen LogP contribution >= 0.6 is 0 Å². The molecule has 23 heavy (non-hydrogen) atoms. The first kappa shape index (κ1) is 16.6. The van der Waals surface area contributed by atoms with E-state index in [4.69, 9.17) is 14.2 Å². The van der Waals surface area contributed by atoms with Gasteiger partial charge in [0.05, 0.1) is 7.11 Å². The van der Waals surface area contributed by atoms with Gasteiger partial charge in [-0.25, -0.2) is 4.79 Å². The summed E-state index contributed by atoms with van der Waals surface area (Å²) in [6.07, 6.45) is -0.675. The quantitative estimate of drug-likeness (QED) is 0.455. The van der Waals surface area contributed by atoms with E-state index >= 15 is 0 Å². The van der Waals surface area contributed by atoms with Crippen LogP contribution in [0.4, 0.5) is 0 Å². The lowest BCUT2D eigenvalue weighted by Crippen LogP contribution is -2.21. The van der Waals surface area contributed by atoms with Gasteiger partial charge in [0.2, 0.25) is 6.29 Å². The number of rotatable bonds is 6. The minimum Gasteiger partial charge on any atom is -0.497 e. The molecule has 4 heteroatoms. The summed E-state index contributed by atoms with van der Waals surface area (Å²) in [4.78, 5) is 11.4. The number of hydrogen-bond acceptors (Lipinski definition) is 4. The van der Waals surface area contributed by atoms with Crippen molar-refractivity contribution in [3.05, 3.63) is 60.7 Å². The molecule has 4 nitrogen and oxygen atoms in total. The molecule has 0 N–H and O–H groups in total. The lowest BCUT2D eigenvalue weighted by Gasteiger charge is -2.15. The molecule has 120 valence electrons. The third-order valence-corrected chi connectivity index (χ3v) is 3.20. The van der Waals surface area contributed by atoms with Crippen molar-refractivity contribution in [1.29, 1.82) is 0 Å². The maximum Gasteiger partial charge on any atom is 0.336 e. The largest absolute Gasteiger partial charge is 0.497 e. The standard InChI is InChI=1S/C19H20O4/c1-13(2)19(20)23-14(3)22-18-11-7-16(8-12-18)15-5-9-17(21-4)10-6-15/h5-12,14H,1H2,2-4H3. The molecule has 0 saturated heterocycles. The zero-order chi connectivity index (χ0) is 16.8. The van der Waals surface area contributed by atoms with E-state index in [0.29, 0.717) is 11.3 Å². The first-order valence-corrected chi connectivity index (χ1v) is 7.27. The van der Waals surface area contributed by atoms with Crippen LogP contribution in [-0.2, 0) is 9.53 Å². The van der Waals surface area contributed by atoms with E-state index in [0.717, 1.165) is 16.9 Å². The lowest BCUT2D eigenvalue weighted by atomic mass is 10.1. The van der Waals surface area contributed by atoms with Crippen LogP contribution in [0.25, 0.3) is 11.1 Å². The van der Waals surface area contributed by atoms with E-state index in [1.54, 1.807) is 21.0 Å². The maximum absolute atomic E-state index is 11.4. The van der Waals surface area contributed by atoms with Crippen molar-refractivity contribution in [2.75, 3.05) is 7.11 Å². The van der Waals surface area contributed by atoms with Crippen LogP contribution in [0.5, 0.6) is 11.5 Å². The summed E-state index contributed by atoms with van der Waals surface area (Å²) >= 11 is 0. The number of esters is 1. The van der Waals surface area contributed by atoms with E-state index in [2.05, 4.69) is 6.58 Å². The van der Waals surface area contributed by atoms with E-state index < -0.39 is 12.3 Å². The SMILES string of the molecule is C=C(C)C(=O)OC(C)Oc1ccc(-c2ccc(OC)cc2)cc1. The van der Waals surface area contributed by atoms with Gasteiger partial charge < -0.3 is 14.2 Å². The number of methoxy groups -OCH3 is 1. The third kappa shape index (κ3) is 4.61. The molecule has 0 fully saturated rings. The minimum atomic E-state index is -0.675. The monoisotopic (exact) mass is 312 g/mol. The molecule has 0 aliphatic heterocycles. The van der Waals surface area contributed by atoms with Gasteiger partial charge in [-0.1, -0.05) is 30.8 Å². The highest BCUT2D eigenvalue weighted by Gasteiger charge is 2.11. The molecule has 0 amide bonds. The van der Waals surface area contributed by atoms with Crippen molar-refractivity contribution in [1.82, 2.24) is 0 Å². The molecule has 0 aromatic heterocycles. The van der Waals surface area contributed by atoms with Crippen LogP contribution in [-0.4, -0.2) is 19.4 Å². The summed E-state index contributed by atoms with van der Waals surface area (Å²) in [5.74, 6) is 0.985. The van der Waals surface area contributed by atoms with Gasteiger partial charge in [-0.05, 0) is 42.3 Å². The molecule has 1 atom stereocenters. The Kier molecular flexibility index (Phi) is 5.41. The molecule has 0 aliphatic carbocycles. The van der Waals surface area contributed by atoms with Gasteiger partial charge in [0.1, 0.15) is 11.5 Å². The summed E-state index contributed by atoms with van der Waals surface area (Å²) in [5.41, 5.74) is 2.49. The molecule has 2 rings (SSSR count). The second-order valence-electron chi connectivity index (χ2n) is 5.12. The first-order valence-electron chi connectivity index (χ1n) is 7.27. The summed E-state index contributed by atoms with van der Waals surface area (Å²) in [5, 5.41) is 0. The van der Waals surface area contributed by atoms with Crippen LogP contribution in [0.1, 0.15) is 13.8 Å². The Morgan fingerprint density at radius 3 is 1.87 bits per heavy atom. The minimum absolute atomic E-state index is 0.343. The Morgan fingerprint density at radius 2 is 1.43 bits per heavy atom. The molecule has 0 bridgehead atoms. The Hall–Kier alpha value is -2.75. The zero-order valence-corrected chi connectivity index (χ0v) is 13.5.